The van der Waals surface area contributed by atoms with E-state index in [0.29, 0.717) is 6.54 Å². The molecule has 0 radical (unpaired) electrons. The lowest BCUT2D eigenvalue weighted by Gasteiger charge is -2.09. The number of urea groups is 1. The highest BCUT2D eigenvalue weighted by molar-refractivity contribution is 9.10. The molecule has 0 unspecified atom stereocenters. The summed E-state index contributed by atoms with van der Waals surface area (Å²) >= 11 is 4.80. The Labute approximate surface area is 147 Å². The fourth-order valence-corrected chi connectivity index (χ4v) is 2.96. The molecule has 0 aliphatic rings. The molecule has 0 heterocycles. The lowest BCUT2D eigenvalue weighted by molar-refractivity contribution is -0.145. The highest BCUT2D eigenvalue weighted by atomic mass is 79.9. The van der Waals surface area contributed by atoms with Crippen molar-refractivity contribution in [2.45, 2.75) is 25.7 Å². The number of rotatable bonds is 6. The van der Waals surface area contributed by atoms with Gasteiger partial charge >= 0.3 is 12.0 Å². The Kier molecular flexibility index (Phi) is 8.11. The molecule has 2 N–H and O–H groups in total. The summed E-state index contributed by atoms with van der Waals surface area (Å²) < 4.78 is 5.85. The van der Waals surface area contributed by atoms with Crippen LogP contribution in [0.5, 0.6) is 0 Å². The van der Waals surface area contributed by atoms with Crippen LogP contribution in [0.1, 0.15) is 18.1 Å². The van der Waals surface area contributed by atoms with E-state index in [9.17, 15) is 14.4 Å². The van der Waals surface area contributed by atoms with Gasteiger partial charge in [0.2, 0.25) is 0 Å². The number of carbonyl (C=O) groups excluding carboxylic acids is 3. The van der Waals surface area contributed by atoms with Crippen molar-refractivity contribution in [2.75, 3.05) is 18.9 Å². The van der Waals surface area contributed by atoms with Gasteiger partial charge in [-0.2, -0.15) is 0 Å². The first-order valence-electron chi connectivity index (χ1n) is 6.96. The van der Waals surface area contributed by atoms with Crippen molar-refractivity contribution >= 4 is 45.6 Å². The largest absolute Gasteiger partial charge is 0.455 e. The number of esters is 1. The number of nitrogens with one attached hydrogen (secondary N) is 2. The second kappa shape index (κ2) is 9.57. The number of ether oxygens (including phenoxy) is 1. The van der Waals surface area contributed by atoms with Crippen LogP contribution >= 0.6 is 27.7 Å². The Balaban J connectivity index is 2.39. The standard InChI is InChI=1S/C15H19BrN2O4S/c1-4-17-15(21)18-13(19)7-22-14(20)8-23-12-6-9(2)11(16)5-10(12)3/h5-6H,4,7-8H2,1-3H3,(H2,17,18,19,21). The first-order valence-corrected chi connectivity index (χ1v) is 8.74. The maximum Gasteiger partial charge on any atom is 0.321 e. The number of thioether (sulfide) groups is 1. The van der Waals surface area contributed by atoms with Gasteiger partial charge < -0.3 is 10.1 Å². The van der Waals surface area contributed by atoms with Gasteiger partial charge in [0.15, 0.2) is 6.61 Å². The monoisotopic (exact) mass is 402 g/mol. The van der Waals surface area contributed by atoms with Crippen LogP contribution in [-0.2, 0) is 14.3 Å². The van der Waals surface area contributed by atoms with E-state index in [0.717, 1.165) is 20.5 Å². The van der Waals surface area contributed by atoms with Crippen LogP contribution in [-0.4, -0.2) is 36.8 Å². The number of amides is 3. The van der Waals surface area contributed by atoms with Gasteiger partial charge in [-0.15, -0.1) is 11.8 Å². The van der Waals surface area contributed by atoms with E-state index in [1.165, 1.54) is 11.8 Å². The summed E-state index contributed by atoms with van der Waals surface area (Å²) in [4.78, 5) is 35.1. The molecule has 0 atom stereocenters. The van der Waals surface area contributed by atoms with E-state index >= 15 is 0 Å². The summed E-state index contributed by atoms with van der Waals surface area (Å²) in [6, 6.07) is 3.37. The van der Waals surface area contributed by atoms with Crippen molar-refractivity contribution < 1.29 is 19.1 Å². The van der Waals surface area contributed by atoms with Crippen LogP contribution in [0.3, 0.4) is 0 Å². The maximum atomic E-state index is 11.7. The number of halogens is 1. The van der Waals surface area contributed by atoms with Crippen LogP contribution in [0, 0.1) is 13.8 Å². The SMILES string of the molecule is CCNC(=O)NC(=O)COC(=O)CSc1cc(C)c(Br)cc1C. The summed E-state index contributed by atoms with van der Waals surface area (Å²) in [6.45, 7) is 5.58. The summed E-state index contributed by atoms with van der Waals surface area (Å²) in [5, 5.41) is 4.46. The van der Waals surface area contributed by atoms with Gasteiger partial charge in [-0.25, -0.2) is 4.79 Å². The first-order chi connectivity index (χ1) is 10.8. The number of benzene rings is 1. The van der Waals surface area contributed by atoms with Gasteiger partial charge in [0, 0.05) is 15.9 Å². The van der Waals surface area contributed by atoms with Crippen LogP contribution in [0.15, 0.2) is 21.5 Å². The molecule has 0 saturated heterocycles. The molecule has 6 nitrogen and oxygen atoms in total. The minimum atomic E-state index is -0.662. The zero-order valence-corrected chi connectivity index (χ0v) is 15.6. The summed E-state index contributed by atoms with van der Waals surface area (Å²) in [5.74, 6) is -1.08. The zero-order chi connectivity index (χ0) is 17.4. The van der Waals surface area contributed by atoms with Crippen molar-refractivity contribution in [1.82, 2.24) is 10.6 Å². The third-order valence-electron chi connectivity index (χ3n) is 2.76. The van der Waals surface area contributed by atoms with E-state index in [1.807, 2.05) is 26.0 Å². The fraction of sp³-hybridized carbons (Fsp3) is 0.400. The number of carbonyl (C=O) groups is 3. The summed E-state index contributed by atoms with van der Waals surface area (Å²) in [7, 11) is 0. The first kappa shape index (κ1) is 19.5. The molecule has 8 heteroatoms. The van der Waals surface area contributed by atoms with Gasteiger partial charge in [-0.1, -0.05) is 15.9 Å². The zero-order valence-electron chi connectivity index (χ0n) is 13.2. The minimum absolute atomic E-state index is 0.0936. The smallest absolute Gasteiger partial charge is 0.321 e. The Bertz CT molecular complexity index is 607. The van der Waals surface area contributed by atoms with Crippen molar-refractivity contribution in [3.63, 3.8) is 0 Å². The Morgan fingerprint density at radius 1 is 1.22 bits per heavy atom. The molecule has 1 aromatic rings. The Hall–Kier alpha value is -1.54. The minimum Gasteiger partial charge on any atom is -0.455 e. The molecule has 0 aromatic heterocycles. The highest BCUT2D eigenvalue weighted by Gasteiger charge is 2.12. The van der Waals surface area contributed by atoms with E-state index in [2.05, 4.69) is 26.6 Å². The fourth-order valence-electron chi connectivity index (χ4n) is 1.60. The van der Waals surface area contributed by atoms with Crippen LogP contribution < -0.4 is 10.6 Å². The molecule has 0 bridgehead atoms. The second-order valence-corrected chi connectivity index (χ2v) is 6.60. The van der Waals surface area contributed by atoms with E-state index in [-0.39, 0.29) is 5.75 Å². The molecule has 1 rings (SSSR count). The lowest BCUT2D eigenvalue weighted by atomic mass is 10.2. The predicted octanol–water partition coefficient (Wildman–Crippen LogP) is 2.55. The summed E-state index contributed by atoms with van der Waals surface area (Å²) in [6.07, 6.45) is 0. The average molecular weight is 403 g/mol. The normalized spacial score (nSPS) is 10.1. The summed E-state index contributed by atoms with van der Waals surface area (Å²) in [5.41, 5.74) is 2.13. The molecular weight excluding hydrogens is 384 g/mol. The number of aryl methyl sites for hydroxylation is 2. The maximum absolute atomic E-state index is 11.7. The molecule has 3 amide bonds. The van der Waals surface area contributed by atoms with Gasteiger partial charge in [0.25, 0.3) is 5.91 Å². The lowest BCUT2D eigenvalue weighted by Crippen LogP contribution is -2.41. The predicted molar refractivity (Wildman–Crippen MR) is 92.5 cm³/mol. The van der Waals surface area contributed by atoms with E-state index in [4.69, 9.17) is 4.74 Å². The van der Waals surface area contributed by atoms with Gasteiger partial charge in [0.05, 0.1) is 5.75 Å². The number of hydrogen-bond donors (Lipinski definition) is 2. The third kappa shape index (κ3) is 7.04. The topological polar surface area (TPSA) is 84.5 Å². The van der Waals surface area contributed by atoms with E-state index in [1.54, 1.807) is 6.92 Å². The molecular formula is C15H19BrN2O4S. The quantitative estimate of drug-likeness (QED) is 0.564. The molecule has 1 aromatic carbocycles. The Morgan fingerprint density at radius 3 is 2.57 bits per heavy atom. The van der Waals surface area contributed by atoms with Crippen molar-refractivity contribution in [3.8, 4) is 0 Å². The van der Waals surface area contributed by atoms with Crippen LogP contribution in [0.25, 0.3) is 0 Å². The molecule has 0 aliphatic heterocycles. The van der Waals surface area contributed by atoms with Crippen LogP contribution in [0.2, 0.25) is 0 Å². The molecule has 0 aliphatic carbocycles. The van der Waals surface area contributed by atoms with Gasteiger partial charge in [0.1, 0.15) is 0 Å². The molecule has 0 saturated carbocycles. The second-order valence-electron chi connectivity index (χ2n) is 4.72. The number of imide groups is 1. The number of hydrogen-bond acceptors (Lipinski definition) is 5. The molecule has 126 valence electrons. The molecule has 0 fully saturated rings. The van der Waals surface area contributed by atoms with Crippen molar-refractivity contribution in [2.24, 2.45) is 0 Å². The highest BCUT2D eigenvalue weighted by Crippen LogP contribution is 2.28. The van der Waals surface area contributed by atoms with Crippen molar-refractivity contribution in [3.05, 3.63) is 27.7 Å². The molecule has 0 spiro atoms. The average Bonchev–Trinajstić information content (AvgIpc) is 2.47. The third-order valence-corrected chi connectivity index (χ3v) is 4.74. The van der Waals surface area contributed by atoms with E-state index < -0.39 is 24.5 Å². The Morgan fingerprint density at radius 2 is 1.91 bits per heavy atom. The van der Waals surface area contributed by atoms with Crippen molar-refractivity contribution in [1.29, 1.82) is 0 Å². The van der Waals surface area contributed by atoms with Crippen LogP contribution in [0.4, 0.5) is 4.79 Å². The molecule has 23 heavy (non-hydrogen) atoms. The van der Waals surface area contributed by atoms with Gasteiger partial charge in [-0.3, -0.25) is 14.9 Å². The van der Waals surface area contributed by atoms with Gasteiger partial charge in [-0.05, 0) is 44.0 Å².